The smallest absolute Gasteiger partial charge is 0.409 e. The Hall–Kier alpha value is -2.31. The zero-order valence-electron chi connectivity index (χ0n) is 13.9. The molecule has 0 unspecified atom stereocenters. The molecule has 0 aromatic carbocycles. The van der Waals surface area contributed by atoms with Gasteiger partial charge in [0.15, 0.2) is 5.65 Å². The molecular weight excluding hydrogens is 294 g/mol. The Morgan fingerprint density at radius 3 is 2.83 bits per heavy atom. The van der Waals surface area contributed by atoms with E-state index in [0.29, 0.717) is 25.7 Å². The molecule has 124 valence electrons. The van der Waals surface area contributed by atoms with E-state index >= 15 is 0 Å². The first-order valence-electron chi connectivity index (χ1n) is 8.09. The van der Waals surface area contributed by atoms with Gasteiger partial charge in [-0.25, -0.2) is 9.78 Å². The fourth-order valence-corrected chi connectivity index (χ4v) is 2.92. The number of hydrogen-bond donors (Lipinski definition) is 1. The summed E-state index contributed by atoms with van der Waals surface area (Å²) in [5.41, 5.74) is 2.96. The van der Waals surface area contributed by atoms with Gasteiger partial charge >= 0.3 is 6.09 Å². The van der Waals surface area contributed by atoms with Crippen LogP contribution < -0.4 is 5.32 Å². The van der Waals surface area contributed by atoms with Crippen LogP contribution in [0.5, 0.6) is 0 Å². The maximum Gasteiger partial charge on any atom is 0.409 e. The van der Waals surface area contributed by atoms with Gasteiger partial charge in [-0.15, -0.1) is 0 Å². The minimum Gasteiger partial charge on any atom is -0.450 e. The molecule has 1 saturated heterocycles. The van der Waals surface area contributed by atoms with Crippen molar-refractivity contribution in [2.45, 2.75) is 39.7 Å². The summed E-state index contributed by atoms with van der Waals surface area (Å²) >= 11 is 0. The van der Waals surface area contributed by atoms with E-state index in [0.717, 1.165) is 35.6 Å². The van der Waals surface area contributed by atoms with Crippen molar-refractivity contribution in [3.05, 3.63) is 23.5 Å². The molecule has 2 aromatic heterocycles. The molecule has 0 atom stereocenters. The van der Waals surface area contributed by atoms with Crippen molar-refractivity contribution in [3.63, 3.8) is 0 Å². The third-order valence-corrected chi connectivity index (χ3v) is 4.38. The van der Waals surface area contributed by atoms with Crippen molar-refractivity contribution < 1.29 is 9.53 Å². The minimum atomic E-state index is -0.212. The van der Waals surface area contributed by atoms with Gasteiger partial charge < -0.3 is 15.0 Å². The van der Waals surface area contributed by atoms with E-state index in [-0.39, 0.29) is 6.09 Å². The fourth-order valence-electron chi connectivity index (χ4n) is 2.92. The molecule has 0 spiro atoms. The quantitative estimate of drug-likeness (QED) is 0.941. The van der Waals surface area contributed by atoms with E-state index < -0.39 is 0 Å². The lowest BCUT2D eigenvalue weighted by molar-refractivity contribution is 0.0983. The van der Waals surface area contributed by atoms with Crippen LogP contribution in [0.15, 0.2) is 12.3 Å². The highest BCUT2D eigenvalue weighted by atomic mass is 16.6. The van der Waals surface area contributed by atoms with Gasteiger partial charge in [0.25, 0.3) is 0 Å². The number of aromatic nitrogens is 3. The third-order valence-electron chi connectivity index (χ3n) is 4.38. The first kappa shape index (κ1) is 15.6. The van der Waals surface area contributed by atoms with Crippen LogP contribution in [-0.4, -0.2) is 51.3 Å². The van der Waals surface area contributed by atoms with E-state index in [4.69, 9.17) is 4.74 Å². The Bertz CT molecular complexity index is 704. The van der Waals surface area contributed by atoms with Crippen molar-refractivity contribution in [1.29, 1.82) is 0 Å². The summed E-state index contributed by atoms with van der Waals surface area (Å²) in [5, 5.41) is 7.95. The molecular formula is C16H23N5O2. The van der Waals surface area contributed by atoms with Gasteiger partial charge in [0.2, 0.25) is 0 Å². The molecule has 0 bridgehead atoms. The van der Waals surface area contributed by atoms with Gasteiger partial charge in [-0.1, -0.05) is 0 Å². The number of fused-ring (bicyclic) bond motifs is 1. The molecule has 1 N–H and O–H groups in total. The summed E-state index contributed by atoms with van der Waals surface area (Å²) < 4.78 is 6.91. The number of carbonyl (C=O) groups is 1. The first-order chi connectivity index (χ1) is 11.1. The average Bonchev–Trinajstić information content (AvgIpc) is 3.00. The van der Waals surface area contributed by atoms with E-state index in [9.17, 15) is 4.79 Å². The number of carbonyl (C=O) groups excluding carboxylic acids is 1. The average molecular weight is 317 g/mol. The molecule has 1 amide bonds. The molecule has 0 aliphatic carbocycles. The van der Waals surface area contributed by atoms with Crippen LogP contribution in [0.4, 0.5) is 10.6 Å². The van der Waals surface area contributed by atoms with Crippen LogP contribution in [0.25, 0.3) is 5.65 Å². The summed E-state index contributed by atoms with van der Waals surface area (Å²) in [6.07, 6.45) is 3.33. The monoisotopic (exact) mass is 317 g/mol. The normalized spacial score (nSPS) is 15.9. The van der Waals surface area contributed by atoms with E-state index in [1.807, 2.05) is 24.4 Å². The Morgan fingerprint density at radius 1 is 1.39 bits per heavy atom. The fraction of sp³-hybridized carbons (Fsp3) is 0.562. The van der Waals surface area contributed by atoms with Gasteiger partial charge in [0, 0.05) is 36.5 Å². The number of piperidine rings is 1. The minimum absolute atomic E-state index is 0.212. The topological polar surface area (TPSA) is 71.8 Å². The Labute approximate surface area is 135 Å². The van der Waals surface area contributed by atoms with Crippen LogP contribution in [-0.2, 0) is 4.74 Å². The van der Waals surface area contributed by atoms with Crippen LogP contribution in [0.2, 0.25) is 0 Å². The van der Waals surface area contributed by atoms with Crippen molar-refractivity contribution in [2.24, 2.45) is 0 Å². The third kappa shape index (κ3) is 3.09. The van der Waals surface area contributed by atoms with Crippen LogP contribution in [0.3, 0.4) is 0 Å². The van der Waals surface area contributed by atoms with Crippen molar-refractivity contribution in [3.8, 4) is 0 Å². The van der Waals surface area contributed by atoms with Crippen molar-refractivity contribution in [2.75, 3.05) is 25.0 Å². The van der Waals surface area contributed by atoms with E-state index in [2.05, 4.69) is 22.3 Å². The molecule has 0 radical (unpaired) electrons. The maximum absolute atomic E-state index is 11.8. The second-order valence-corrected chi connectivity index (χ2v) is 5.88. The number of likely N-dealkylation sites (tertiary alicyclic amines) is 1. The van der Waals surface area contributed by atoms with E-state index in [1.165, 1.54) is 0 Å². The number of rotatable bonds is 3. The largest absolute Gasteiger partial charge is 0.450 e. The van der Waals surface area contributed by atoms with Gasteiger partial charge in [-0.3, -0.25) is 0 Å². The molecule has 0 saturated carbocycles. The Balaban J connectivity index is 1.71. The molecule has 1 aliphatic heterocycles. The number of nitrogens with zero attached hydrogens (tertiary/aromatic N) is 4. The summed E-state index contributed by atoms with van der Waals surface area (Å²) in [5.74, 6) is 0.993. The highest BCUT2D eigenvalue weighted by Crippen LogP contribution is 2.22. The molecule has 3 heterocycles. The number of aryl methyl sites for hydroxylation is 1. The number of hydrogen-bond acceptors (Lipinski definition) is 5. The number of ether oxygens (including phenoxy) is 1. The molecule has 1 fully saturated rings. The van der Waals surface area contributed by atoms with Crippen molar-refractivity contribution in [1.82, 2.24) is 19.5 Å². The van der Waals surface area contributed by atoms with Crippen molar-refractivity contribution >= 4 is 17.6 Å². The maximum atomic E-state index is 11.8. The molecule has 7 nitrogen and oxygen atoms in total. The van der Waals surface area contributed by atoms with Crippen LogP contribution in [0.1, 0.15) is 31.0 Å². The Morgan fingerprint density at radius 2 is 2.13 bits per heavy atom. The highest BCUT2D eigenvalue weighted by molar-refractivity contribution is 5.67. The SMILES string of the molecule is CCOC(=O)N1CCC(Nc2c(C)c(C)nc3ccnn23)CC1. The first-order valence-corrected chi connectivity index (χ1v) is 8.09. The van der Waals surface area contributed by atoms with Crippen LogP contribution >= 0.6 is 0 Å². The summed E-state index contributed by atoms with van der Waals surface area (Å²) in [7, 11) is 0. The number of amides is 1. The second-order valence-electron chi connectivity index (χ2n) is 5.88. The predicted molar refractivity (Wildman–Crippen MR) is 87.7 cm³/mol. The molecule has 7 heteroatoms. The lowest BCUT2D eigenvalue weighted by Gasteiger charge is -2.32. The predicted octanol–water partition coefficient (Wildman–Crippen LogP) is 2.38. The summed E-state index contributed by atoms with van der Waals surface area (Å²) in [6, 6.07) is 2.22. The van der Waals surface area contributed by atoms with Gasteiger partial charge in [0.1, 0.15) is 5.82 Å². The lowest BCUT2D eigenvalue weighted by atomic mass is 10.1. The highest BCUT2D eigenvalue weighted by Gasteiger charge is 2.24. The Kier molecular flexibility index (Phi) is 4.36. The summed E-state index contributed by atoms with van der Waals surface area (Å²) in [4.78, 5) is 18.1. The molecule has 1 aliphatic rings. The molecule has 2 aromatic rings. The molecule has 3 rings (SSSR count). The van der Waals surface area contributed by atoms with Gasteiger partial charge in [0.05, 0.1) is 12.8 Å². The molecule has 23 heavy (non-hydrogen) atoms. The zero-order chi connectivity index (χ0) is 16.4. The summed E-state index contributed by atoms with van der Waals surface area (Å²) in [6.45, 7) is 7.74. The standard InChI is InChI=1S/C16H23N5O2/c1-4-23-16(22)20-9-6-13(7-10-20)19-15-11(2)12(3)18-14-5-8-17-21(14)15/h5,8,13,19H,4,6-7,9-10H2,1-3H3. The lowest BCUT2D eigenvalue weighted by Crippen LogP contribution is -2.43. The second kappa shape index (κ2) is 6.44. The van der Waals surface area contributed by atoms with E-state index in [1.54, 1.807) is 11.1 Å². The van der Waals surface area contributed by atoms with Crippen LogP contribution in [0, 0.1) is 13.8 Å². The number of nitrogens with one attached hydrogen (secondary N) is 1. The zero-order valence-corrected chi connectivity index (χ0v) is 13.9. The number of anilines is 1. The van der Waals surface area contributed by atoms with Gasteiger partial charge in [-0.2, -0.15) is 9.61 Å². The van der Waals surface area contributed by atoms with Gasteiger partial charge in [-0.05, 0) is 33.6 Å².